The lowest BCUT2D eigenvalue weighted by molar-refractivity contribution is 0.198. The fraction of sp³-hybridized carbons (Fsp3) is 1.00. The molecule has 0 aromatic heterocycles. The quantitative estimate of drug-likeness (QED) is 0.607. The van der Waals surface area contributed by atoms with Crippen molar-refractivity contribution in [3.63, 3.8) is 0 Å². The van der Waals surface area contributed by atoms with Gasteiger partial charge in [0.25, 0.3) is 0 Å². The van der Waals surface area contributed by atoms with E-state index in [0.29, 0.717) is 12.6 Å². The smallest absolute Gasteiger partial charge is 0.0446 e. The lowest BCUT2D eigenvalue weighted by atomic mass is 10.1. The molecule has 0 spiro atoms. The maximum Gasteiger partial charge on any atom is 0.0446 e. The zero-order chi connectivity index (χ0) is 12.1. The number of hydrogen-bond donors (Lipinski definition) is 2. The molecule has 2 N–H and O–H groups in total. The summed E-state index contributed by atoms with van der Waals surface area (Å²) in [6, 6.07) is 0.475. The van der Waals surface area contributed by atoms with Crippen molar-refractivity contribution in [3.05, 3.63) is 0 Å². The second-order valence-corrected chi connectivity index (χ2v) is 5.87. The molecule has 0 radical (unpaired) electrons. The van der Waals surface area contributed by atoms with Crippen molar-refractivity contribution < 1.29 is 5.11 Å². The first kappa shape index (κ1) is 13.3. The van der Waals surface area contributed by atoms with Gasteiger partial charge in [-0.3, -0.25) is 0 Å². The molecule has 0 aromatic carbocycles. The maximum absolute atomic E-state index is 9.11. The van der Waals surface area contributed by atoms with Crippen molar-refractivity contribution in [3.8, 4) is 0 Å². The first-order valence-electron chi connectivity index (χ1n) is 7.38. The zero-order valence-corrected chi connectivity index (χ0v) is 11.2. The Morgan fingerprint density at radius 3 is 2.18 bits per heavy atom. The molecule has 3 nitrogen and oxygen atoms in total. The minimum Gasteiger partial charge on any atom is -0.396 e. The predicted molar refractivity (Wildman–Crippen MR) is 71.1 cm³/mol. The van der Waals surface area contributed by atoms with E-state index in [1.165, 1.54) is 38.8 Å². The molecule has 1 atom stereocenters. The van der Waals surface area contributed by atoms with Crippen LogP contribution in [0.25, 0.3) is 0 Å². The molecule has 2 rings (SSSR count). The van der Waals surface area contributed by atoms with Gasteiger partial charge in [0, 0.05) is 32.3 Å². The van der Waals surface area contributed by atoms with Crippen molar-refractivity contribution in [2.75, 3.05) is 32.8 Å². The number of hydrogen-bond acceptors (Lipinski definition) is 3. The summed E-state index contributed by atoms with van der Waals surface area (Å²) in [5, 5.41) is 12.6. The standard InChI is InChI=1S/C14H28N2O/c1-2-15-14(7-8-17)11-16(9-12-3-4-12)10-13-5-6-13/h12-15,17H,2-11H2,1H3. The fourth-order valence-electron chi connectivity index (χ4n) is 2.57. The Labute approximate surface area is 106 Å². The normalized spacial score (nSPS) is 22.1. The van der Waals surface area contributed by atoms with Gasteiger partial charge in [-0.1, -0.05) is 6.92 Å². The van der Waals surface area contributed by atoms with E-state index in [0.717, 1.165) is 31.3 Å². The van der Waals surface area contributed by atoms with E-state index < -0.39 is 0 Å². The fourth-order valence-corrected chi connectivity index (χ4v) is 2.57. The Bertz CT molecular complexity index is 194. The van der Waals surface area contributed by atoms with Crippen LogP contribution >= 0.6 is 0 Å². The summed E-state index contributed by atoms with van der Waals surface area (Å²) in [4.78, 5) is 2.65. The minimum absolute atomic E-state index is 0.304. The average Bonchev–Trinajstić information content (AvgIpc) is 3.14. The molecule has 0 heterocycles. The number of aliphatic hydroxyl groups is 1. The molecular weight excluding hydrogens is 212 g/mol. The van der Waals surface area contributed by atoms with Crippen LogP contribution in [0.2, 0.25) is 0 Å². The SMILES string of the molecule is CCNC(CCO)CN(CC1CC1)CC1CC1. The topological polar surface area (TPSA) is 35.5 Å². The highest BCUT2D eigenvalue weighted by Gasteiger charge is 2.29. The van der Waals surface area contributed by atoms with Crippen LogP contribution in [0.15, 0.2) is 0 Å². The molecule has 2 aliphatic carbocycles. The molecule has 0 amide bonds. The molecular formula is C14H28N2O. The van der Waals surface area contributed by atoms with Crippen LogP contribution in [0, 0.1) is 11.8 Å². The van der Waals surface area contributed by atoms with Crippen molar-refractivity contribution in [2.24, 2.45) is 11.8 Å². The van der Waals surface area contributed by atoms with Gasteiger partial charge in [0.05, 0.1) is 0 Å². The Hall–Kier alpha value is -0.120. The summed E-state index contributed by atoms with van der Waals surface area (Å²) in [5.41, 5.74) is 0. The third-order valence-corrected chi connectivity index (χ3v) is 3.88. The first-order chi connectivity index (χ1) is 8.31. The van der Waals surface area contributed by atoms with Crippen LogP contribution in [-0.2, 0) is 0 Å². The molecule has 2 saturated carbocycles. The van der Waals surface area contributed by atoms with Crippen molar-refractivity contribution in [1.29, 1.82) is 0 Å². The number of aliphatic hydroxyl groups excluding tert-OH is 1. The third kappa shape index (κ3) is 5.36. The van der Waals surface area contributed by atoms with Gasteiger partial charge in [0.1, 0.15) is 0 Å². The second-order valence-electron chi connectivity index (χ2n) is 5.87. The number of likely N-dealkylation sites (N-methyl/N-ethyl adjacent to an activating group) is 1. The van der Waals surface area contributed by atoms with Crippen LogP contribution in [0.3, 0.4) is 0 Å². The molecule has 2 aliphatic rings. The summed E-state index contributed by atoms with van der Waals surface area (Å²) in [6.45, 7) is 7.18. The highest BCUT2D eigenvalue weighted by Crippen LogP contribution is 2.33. The Kier molecular flexibility index (Phi) is 5.26. The molecule has 0 aromatic rings. The molecule has 2 fully saturated rings. The van der Waals surface area contributed by atoms with Gasteiger partial charge in [-0.05, 0) is 50.5 Å². The van der Waals surface area contributed by atoms with E-state index in [1.807, 2.05) is 0 Å². The van der Waals surface area contributed by atoms with E-state index >= 15 is 0 Å². The zero-order valence-electron chi connectivity index (χ0n) is 11.2. The second kappa shape index (κ2) is 6.72. The van der Waals surface area contributed by atoms with Gasteiger partial charge in [-0.15, -0.1) is 0 Å². The summed E-state index contributed by atoms with van der Waals surface area (Å²) >= 11 is 0. The summed E-state index contributed by atoms with van der Waals surface area (Å²) in [6.07, 6.45) is 6.64. The third-order valence-electron chi connectivity index (χ3n) is 3.88. The minimum atomic E-state index is 0.304. The maximum atomic E-state index is 9.11. The van der Waals surface area contributed by atoms with Gasteiger partial charge < -0.3 is 15.3 Å². The van der Waals surface area contributed by atoms with Crippen molar-refractivity contribution in [2.45, 2.75) is 45.1 Å². The Morgan fingerprint density at radius 1 is 1.18 bits per heavy atom. The van der Waals surface area contributed by atoms with E-state index in [-0.39, 0.29) is 0 Å². The van der Waals surface area contributed by atoms with Gasteiger partial charge in [-0.25, -0.2) is 0 Å². The van der Waals surface area contributed by atoms with Gasteiger partial charge >= 0.3 is 0 Å². The monoisotopic (exact) mass is 240 g/mol. The lowest BCUT2D eigenvalue weighted by Crippen LogP contribution is -2.43. The summed E-state index contributed by atoms with van der Waals surface area (Å²) < 4.78 is 0. The number of rotatable bonds is 10. The predicted octanol–water partition coefficient (Wildman–Crippen LogP) is 1.47. The number of nitrogens with zero attached hydrogens (tertiary/aromatic N) is 1. The molecule has 1 unspecified atom stereocenters. The highest BCUT2D eigenvalue weighted by atomic mass is 16.3. The molecule has 0 aliphatic heterocycles. The molecule has 100 valence electrons. The summed E-state index contributed by atoms with van der Waals surface area (Å²) in [5.74, 6) is 1.95. The first-order valence-corrected chi connectivity index (χ1v) is 7.38. The van der Waals surface area contributed by atoms with E-state index in [9.17, 15) is 0 Å². The van der Waals surface area contributed by atoms with Crippen LogP contribution in [0.4, 0.5) is 0 Å². The summed E-state index contributed by atoms with van der Waals surface area (Å²) in [7, 11) is 0. The van der Waals surface area contributed by atoms with Crippen molar-refractivity contribution in [1.82, 2.24) is 10.2 Å². The number of nitrogens with one attached hydrogen (secondary N) is 1. The Balaban J connectivity index is 1.74. The lowest BCUT2D eigenvalue weighted by Gasteiger charge is -2.28. The largest absolute Gasteiger partial charge is 0.396 e. The molecule has 0 saturated heterocycles. The van der Waals surface area contributed by atoms with Crippen LogP contribution in [0.5, 0.6) is 0 Å². The van der Waals surface area contributed by atoms with Gasteiger partial charge in [0.2, 0.25) is 0 Å². The average molecular weight is 240 g/mol. The Morgan fingerprint density at radius 2 is 1.76 bits per heavy atom. The van der Waals surface area contributed by atoms with E-state index in [2.05, 4.69) is 17.1 Å². The highest BCUT2D eigenvalue weighted by molar-refractivity contribution is 4.84. The molecule has 17 heavy (non-hydrogen) atoms. The van der Waals surface area contributed by atoms with Gasteiger partial charge in [-0.2, -0.15) is 0 Å². The van der Waals surface area contributed by atoms with Crippen molar-refractivity contribution >= 4 is 0 Å². The molecule has 0 bridgehead atoms. The van der Waals surface area contributed by atoms with E-state index in [4.69, 9.17) is 5.11 Å². The van der Waals surface area contributed by atoms with Crippen LogP contribution in [-0.4, -0.2) is 48.8 Å². The van der Waals surface area contributed by atoms with E-state index in [1.54, 1.807) is 0 Å². The van der Waals surface area contributed by atoms with Crippen LogP contribution < -0.4 is 5.32 Å². The molecule has 3 heteroatoms. The van der Waals surface area contributed by atoms with Crippen LogP contribution in [0.1, 0.15) is 39.0 Å². The van der Waals surface area contributed by atoms with Gasteiger partial charge in [0.15, 0.2) is 0 Å².